The van der Waals surface area contributed by atoms with Crippen molar-refractivity contribution < 1.29 is 19.4 Å². The second kappa shape index (κ2) is 6.58. The van der Waals surface area contributed by atoms with E-state index < -0.39 is 11.2 Å². The minimum atomic E-state index is -0.755. The van der Waals surface area contributed by atoms with Gasteiger partial charge in [0.15, 0.2) is 0 Å². The molecule has 0 aromatic rings. The van der Waals surface area contributed by atoms with Gasteiger partial charge in [-0.05, 0) is 12.8 Å². The minimum absolute atomic E-state index is 0.0218. The first-order valence-electron chi connectivity index (χ1n) is 5.20. The van der Waals surface area contributed by atoms with Gasteiger partial charge >= 0.3 is 0 Å². The van der Waals surface area contributed by atoms with E-state index in [1.54, 1.807) is 0 Å². The molecule has 0 aromatic heterocycles. The summed E-state index contributed by atoms with van der Waals surface area (Å²) in [6.07, 6.45) is 1.09. The first kappa shape index (κ1) is 12.2. The average Bonchev–Trinajstić information content (AvgIpc) is 2.29. The zero-order valence-corrected chi connectivity index (χ0v) is 8.89. The fourth-order valence-corrected chi connectivity index (χ4v) is 1.55. The lowest BCUT2D eigenvalue weighted by Crippen LogP contribution is -2.33. The van der Waals surface area contributed by atoms with Crippen LogP contribution in [0, 0.1) is 16.0 Å². The zero-order chi connectivity index (χ0) is 11.1. The molecule has 6 heteroatoms. The molecule has 1 rings (SSSR count). The van der Waals surface area contributed by atoms with Crippen molar-refractivity contribution in [2.45, 2.75) is 25.9 Å². The maximum Gasteiger partial charge on any atom is 0.294 e. The SMILES string of the molecule is CCC1COCCCOC[C@H]1O[N+](=O)[O-]. The lowest BCUT2D eigenvalue weighted by molar-refractivity contribution is -0.771. The standard InChI is InChI=1S/C9H17NO5/c1-2-8-6-13-4-3-5-14-7-9(8)15-10(11)12/h8-9H,2-7H2,1H3/t8?,9-/m1/s1. The van der Waals surface area contributed by atoms with Crippen molar-refractivity contribution in [2.24, 2.45) is 5.92 Å². The summed E-state index contributed by atoms with van der Waals surface area (Å²) in [7, 11) is 0. The molecule has 1 heterocycles. The monoisotopic (exact) mass is 219 g/mol. The molecule has 15 heavy (non-hydrogen) atoms. The van der Waals surface area contributed by atoms with Crippen molar-refractivity contribution in [1.82, 2.24) is 0 Å². The van der Waals surface area contributed by atoms with Gasteiger partial charge in [-0.15, -0.1) is 10.1 Å². The fourth-order valence-electron chi connectivity index (χ4n) is 1.55. The van der Waals surface area contributed by atoms with E-state index in [2.05, 4.69) is 4.84 Å². The van der Waals surface area contributed by atoms with Crippen LogP contribution in [0.15, 0.2) is 0 Å². The van der Waals surface area contributed by atoms with Gasteiger partial charge in [0.25, 0.3) is 5.09 Å². The highest BCUT2D eigenvalue weighted by Crippen LogP contribution is 2.15. The van der Waals surface area contributed by atoms with Crippen LogP contribution in [0.1, 0.15) is 19.8 Å². The quantitative estimate of drug-likeness (QED) is 0.523. The Morgan fingerprint density at radius 3 is 2.67 bits per heavy atom. The third kappa shape index (κ3) is 4.44. The Labute approximate surface area is 88.6 Å². The molecule has 1 aliphatic heterocycles. The Morgan fingerprint density at radius 1 is 1.40 bits per heavy atom. The van der Waals surface area contributed by atoms with Crippen LogP contribution >= 0.6 is 0 Å². The highest BCUT2D eigenvalue weighted by molar-refractivity contribution is 4.68. The topological polar surface area (TPSA) is 70.8 Å². The molecule has 0 aromatic carbocycles. The molecule has 1 saturated heterocycles. The van der Waals surface area contributed by atoms with E-state index in [4.69, 9.17) is 9.47 Å². The van der Waals surface area contributed by atoms with Crippen LogP contribution in [0.3, 0.4) is 0 Å². The normalized spacial score (nSPS) is 28.6. The molecular weight excluding hydrogens is 202 g/mol. The molecule has 1 unspecified atom stereocenters. The summed E-state index contributed by atoms with van der Waals surface area (Å²) in [5, 5.41) is 9.54. The Balaban J connectivity index is 2.52. The maximum absolute atomic E-state index is 10.3. The van der Waals surface area contributed by atoms with Gasteiger partial charge in [0.1, 0.15) is 6.10 Å². The largest absolute Gasteiger partial charge is 0.381 e. The minimum Gasteiger partial charge on any atom is -0.381 e. The molecular formula is C9H17NO5. The molecule has 0 radical (unpaired) electrons. The van der Waals surface area contributed by atoms with Crippen LogP contribution in [-0.2, 0) is 14.3 Å². The van der Waals surface area contributed by atoms with Crippen molar-refractivity contribution >= 4 is 0 Å². The Morgan fingerprint density at radius 2 is 2.07 bits per heavy atom. The van der Waals surface area contributed by atoms with E-state index in [0.29, 0.717) is 19.8 Å². The molecule has 1 fully saturated rings. The van der Waals surface area contributed by atoms with E-state index >= 15 is 0 Å². The Hall–Kier alpha value is -0.880. The highest BCUT2D eigenvalue weighted by atomic mass is 17.0. The molecule has 2 atom stereocenters. The van der Waals surface area contributed by atoms with Crippen LogP contribution in [0.5, 0.6) is 0 Å². The molecule has 0 aliphatic carbocycles. The summed E-state index contributed by atoms with van der Waals surface area (Å²) in [4.78, 5) is 14.9. The van der Waals surface area contributed by atoms with Gasteiger partial charge < -0.3 is 14.3 Å². The molecule has 1 aliphatic rings. The third-order valence-corrected chi connectivity index (χ3v) is 2.46. The summed E-state index contributed by atoms with van der Waals surface area (Å²) in [6.45, 7) is 3.93. The van der Waals surface area contributed by atoms with Crippen molar-refractivity contribution in [3.05, 3.63) is 10.1 Å². The van der Waals surface area contributed by atoms with Gasteiger partial charge in [-0.1, -0.05) is 6.92 Å². The van der Waals surface area contributed by atoms with E-state index in [9.17, 15) is 10.1 Å². The van der Waals surface area contributed by atoms with Crippen LogP contribution < -0.4 is 0 Å². The molecule has 0 amide bonds. The maximum atomic E-state index is 10.3. The van der Waals surface area contributed by atoms with Crippen LogP contribution in [-0.4, -0.2) is 37.6 Å². The first-order chi connectivity index (χ1) is 7.24. The van der Waals surface area contributed by atoms with Crippen LogP contribution in [0.2, 0.25) is 0 Å². The molecule has 0 spiro atoms. The lowest BCUT2D eigenvalue weighted by Gasteiger charge is -2.22. The van der Waals surface area contributed by atoms with E-state index in [0.717, 1.165) is 12.8 Å². The van der Waals surface area contributed by atoms with Crippen LogP contribution in [0.4, 0.5) is 0 Å². The third-order valence-electron chi connectivity index (χ3n) is 2.46. The number of nitrogens with zero attached hydrogens (tertiary/aromatic N) is 1. The lowest BCUT2D eigenvalue weighted by atomic mass is 10.0. The molecule has 0 bridgehead atoms. The van der Waals surface area contributed by atoms with Gasteiger partial charge in [0.05, 0.1) is 13.2 Å². The van der Waals surface area contributed by atoms with Gasteiger partial charge in [0.2, 0.25) is 0 Å². The fraction of sp³-hybridized carbons (Fsp3) is 1.00. The second-order valence-electron chi connectivity index (χ2n) is 3.54. The van der Waals surface area contributed by atoms with Gasteiger partial charge in [0, 0.05) is 19.1 Å². The summed E-state index contributed by atoms with van der Waals surface area (Å²) < 4.78 is 10.7. The van der Waals surface area contributed by atoms with Gasteiger partial charge in [-0.3, -0.25) is 0 Å². The van der Waals surface area contributed by atoms with E-state index in [1.807, 2.05) is 6.92 Å². The number of rotatable bonds is 3. The number of hydrogen-bond acceptors (Lipinski definition) is 5. The second-order valence-corrected chi connectivity index (χ2v) is 3.54. The molecule has 88 valence electrons. The van der Waals surface area contributed by atoms with Gasteiger partial charge in [-0.25, -0.2) is 0 Å². The van der Waals surface area contributed by atoms with E-state index in [-0.39, 0.29) is 12.5 Å². The highest BCUT2D eigenvalue weighted by Gasteiger charge is 2.25. The molecule has 0 N–H and O–H groups in total. The first-order valence-corrected chi connectivity index (χ1v) is 5.20. The summed E-state index contributed by atoms with van der Waals surface area (Å²) in [6, 6.07) is 0. The predicted molar refractivity (Wildman–Crippen MR) is 51.9 cm³/mol. The Bertz CT molecular complexity index is 199. The number of hydrogen-bond donors (Lipinski definition) is 0. The van der Waals surface area contributed by atoms with Crippen molar-refractivity contribution in [2.75, 3.05) is 26.4 Å². The molecule has 0 saturated carbocycles. The van der Waals surface area contributed by atoms with Crippen LogP contribution in [0.25, 0.3) is 0 Å². The van der Waals surface area contributed by atoms with E-state index in [1.165, 1.54) is 0 Å². The van der Waals surface area contributed by atoms with Gasteiger partial charge in [-0.2, -0.15) is 0 Å². The molecule has 6 nitrogen and oxygen atoms in total. The number of ether oxygens (including phenoxy) is 2. The zero-order valence-electron chi connectivity index (χ0n) is 8.89. The van der Waals surface area contributed by atoms with Crippen molar-refractivity contribution in [3.8, 4) is 0 Å². The summed E-state index contributed by atoms with van der Waals surface area (Å²) in [5.41, 5.74) is 0. The van der Waals surface area contributed by atoms with Crippen molar-refractivity contribution in [1.29, 1.82) is 0 Å². The van der Waals surface area contributed by atoms with Crippen molar-refractivity contribution in [3.63, 3.8) is 0 Å². The summed E-state index contributed by atoms with van der Waals surface area (Å²) >= 11 is 0. The average molecular weight is 219 g/mol. The smallest absolute Gasteiger partial charge is 0.294 e. The Kier molecular flexibility index (Phi) is 5.34. The predicted octanol–water partition coefficient (Wildman–Crippen LogP) is 1.03. The summed E-state index contributed by atoms with van der Waals surface area (Å²) in [5.74, 6) is 0.0218.